The van der Waals surface area contributed by atoms with Crippen LogP contribution in [0.15, 0.2) is 35.9 Å². The predicted molar refractivity (Wildman–Crippen MR) is 77.6 cm³/mol. The fraction of sp³-hybridized carbons (Fsp3) is 0.438. The topological polar surface area (TPSA) is 20.3 Å². The Bertz CT molecular complexity index is 496. The summed E-state index contributed by atoms with van der Waals surface area (Å²) in [4.78, 5) is 13.6. The first-order chi connectivity index (χ1) is 9.64. The van der Waals surface area contributed by atoms with E-state index in [-0.39, 0.29) is 12.1 Å². The van der Waals surface area contributed by atoms with E-state index >= 15 is 0 Å². The van der Waals surface area contributed by atoms with Crippen molar-refractivity contribution in [2.75, 3.05) is 0 Å². The Kier molecular flexibility index (Phi) is 5.58. The molecule has 1 aromatic rings. The van der Waals surface area contributed by atoms with Gasteiger partial charge in [-0.2, -0.15) is 13.2 Å². The van der Waals surface area contributed by atoms with E-state index in [2.05, 4.69) is 0 Å². The van der Waals surface area contributed by atoms with Crippen molar-refractivity contribution in [1.29, 1.82) is 0 Å². The lowest BCUT2D eigenvalue weighted by atomic mass is 10.1. The predicted octanol–water partition coefficient (Wildman–Crippen LogP) is 4.28. The third-order valence-electron chi connectivity index (χ3n) is 2.99. The first kappa shape index (κ1) is 17.3. The minimum absolute atomic E-state index is 0.306. The van der Waals surface area contributed by atoms with Crippen molar-refractivity contribution in [2.24, 2.45) is 0 Å². The van der Waals surface area contributed by atoms with Crippen LogP contribution in [0.2, 0.25) is 0 Å². The van der Waals surface area contributed by atoms with E-state index in [0.29, 0.717) is 5.56 Å². The molecule has 0 aliphatic heterocycles. The smallest absolute Gasteiger partial charge is 0.334 e. The Morgan fingerprint density at radius 1 is 1.05 bits per heavy atom. The normalized spacial score (nSPS) is 12.9. The Labute approximate surface area is 123 Å². The molecule has 1 rings (SSSR count). The molecular formula is C16H20F3NO. The van der Waals surface area contributed by atoms with Crippen molar-refractivity contribution in [2.45, 2.75) is 46.0 Å². The number of carbonyl (C=O) groups excluding carboxylic acids is 1. The molecule has 0 bridgehead atoms. The molecule has 0 N–H and O–H groups in total. The van der Waals surface area contributed by atoms with Gasteiger partial charge in [0, 0.05) is 12.1 Å². The number of alkyl halides is 3. The lowest BCUT2D eigenvalue weighted by molar-refractivity contribution is -0.142. The highest BCUT2D eigenvalue weighted by Gasteiger charge is 2.41. The van der Waals surface area contributed by atoms with Crippen LogP contribution in [0.5, 0.6) is 0 Å². The van der Waals surface area contributed by atoms with Gasteiger partial charge in [-0.25, -0.2) is 0 Å². The van der Waals surface area contributed by atoms with Crippen molar-refractivity contribution >= 4 is 12.0 Å². The number of halogens is 3. The van der Waals surface area contributed by atoms with Gasteiger partial charge in [0.15, 0.2) is 0 Å². The summed E-state index contributed by atoms with van der Waals surface area (Å²) in [5.41, 5.74) is -0.790. The lowest BCUT2D eigenvalue weighted by Gasteiger charge is -2.32. The van der Waals surface area contributed by atoms with Crippen LogP contribution in [0, 0.1) is 0 Å². The average molecular weight is 299 g/mol. The van der Waals surface area contributed by atoms with Gasteiger partial charge in [-0.1, -0.05) is 30.3 Å². The highest BCUT2D eigenvalue weighted by molar-refractivity contribution is 5.99. The summed E-state index contributed by atoms with van der Waals surface area (Å²) >= 11 is 0. The molecule has 0 radical (unpaired) electrons. The zero-order valence-corrected chi connectivity index (χ0v) is 12.6. The molecule has 0 heterocycles. The van der Waals surface area contributed by atoms with Crippen LogP contribution < -0.4 is 0 Å². The molecule has 0 aromatic heterocycles. The molecule has 2 nitrogen and oxygen atoms in total. The molecule has 0 saturated carbocycles. The second kappa shape index (κ2) is 6.78. The minimum atomic E-state index is -4.69. The first-order valence-electron chi connectivity index (χ1n) is 6.81. The van der Waals surface area contributed by atoms with Crippen LogP contribution in [-0.2, 0) is 4.79 Å². The van der Waals surface area contributed by atoms with Crippen LogP contribution in [0.1, 0.15) is 33.3 Å². The van der Waals surface area contributed by atoms with Crippen LogP contribution in [0.3, 0.4) is 0 Å². The van der Waals surface area contributed by atoms with E-state index in [1.54, 1.807) is 45.9 Å². The van der Waals surface area contributed by atoms with E-state index in [1.165, 1.54) is 17.0 Å². The molecule has 21 heavy (non-hydrogen) atoms. The highest BCUT2D eigenvalue weighted by atomic mass is 19.4. The van der Waals surface area contributed by atoms with Gasteiger partial charge in [-0.15, -0.1) is 0 Å². The summed E-state index contributed by atoms with van der Waals surface area (Å²) in [5.74, 6) is -0.989. The van der Waals surface area contributed by atoms with Gasteiger partial charge < -0.3 is 4.90 Å². The van der Waals surface area contributed by atoms with E-state index in [4.69, 9.17) is 0 Å². The van der Waals surface area contributed by atoms with E-state index in [1.807, 2.05) is 0 Å². The second-order valence-electron chi connectivity index (χ2n) is 5.37. The van der Waals surface area contributed by atoms with Gasteiger partial charge in [0.2, 0.25) is 0 Å². The second-order valence-corrected chi connectivity index (χ2v) is 5.37. The maximum absolute atomic E-state index is 13.2. The minimum Gasteiger partial charge on any atom is -0.334 e. The molecule has 1 aromatic carbocycles. The van der Waals surface area contributed by atoms with E-state index in [0.717, 1.165) is 6.08 Å². The average Bonchev–Trinajstić information content (AvgIpc) is 2.34. The van der Waals surface area contributed by atoms with Crippen molar-refractivity contribution in [1.82, 2.24) is 4.90 Å². The summed E-state index contributed by atoms with van der Waals surface area (Å²) < 4.78 is 39.7. The first-order valence-corrected chi connectivity index (χ1v) is 6.81. The molecule has 0 spiro atoms. The Hall–Kier alpha value is -1.78. The largest absolute Gasteiger partial charge is 0.421 e. The van der Waals surface area contributed by atoms with Crippen molar-refractivity contribution < 1.29 is 18.0 Å². The molecule has 0 aliphatic carbocycles. The number of rotatable bonds is 4. The number of carbonyl (C=O) groups is 1. The Balaban J connectivity index is 3.27. The van der Waals surface area contributed by atoms with Gasteiger partial charge in [0.1, 0.15) is 5.57 Å². The fourth-order valence-corrected chi connectivity index (χ4v) is 2.19. The van der Waals surface area contributed by atoms with Crippen LogP contribution in [0.25, 0.3) is 6.08 Å². The van der Waals surface area contributed by atoms with Crippen molar-refractivity contribution in [3.63, 3.8) is 0 Å². The quantitative estimate of drug-likeness (QED) is 0.760. The van der Waals surface area contributed by atoms with Gasteiger partial charge in [0.25, 0.3) is 5.91 Å². The third kappa shape index (κ3) is 4.62. The maximum atomic E-state index is 13.2. The van der Waals surface area contributed by atoms with Crippen LogP contribution >= 0.6 is 0 Å². The summed E-state index contributed by atoms with van der Waals surface area (Å²) in [6.45, 7) is 6.81. The molecule has 0 aliphatic rings. The zero-order chi connectivity index (χ0) is 16.2. The lowest BCUT2D eigenvalue weighted by Crippen LogP contribution is -2.45. The zero-order valence-electron chi connectivity index (χ0n) is 12.6. The molecule has 116 valence electrons. The SMILES string of the molecule is CC(C)N(C(=O)/C(=C\c1ccccc1)C(F)(F)F)C(C)C. The number of nitrogens with zero attached hydrogens (tertiary/aromatic N) is 1. The number of hydrogen-bond acceptors (Lipinski definition) is 1. The van der Waals surface area contributed by atoms with E-state index < -0.39 is 17.7 Å². The monoisotopic (exact) mass is 299 g/mol. The maximum Gasteiger partial charge on any atom is 0.421 e. The Morgan fingerprint density at radius 3 is 1.90 bits per heavy atom. The van der Waals surface area contributed by atoms with Crippen LogP contribution in [0.4, 0.5) is 13.2 Å². The summed E-state index contributed by atoms with van der Waals surface area (Å²) in [6, 6.07) is 7.43. The molecule has 1 amide bonds. The standard InChI is InChI=1S/C16H20F3NO/c1-11(2)20(12(3)4)15(21)14(16(17,18)19)10-13-8-6-5-7-9-13/h5-12H,1-4H3/b14-10+. The van der Waals surface area contributed by atoms with Gasteiger partial charge in [-0.3, -0.25) is 4.79 Å². The molecular weight excluding hydrogens is 279 g/mol. The molecule has 5 heteroatoms. The van der Waals surface area contributed by atoms with E-state index in [9.17, 15) is 18.0 Å². The molecule has 0 atom stereocenters. The fourth-order valence-electron chi connectivity index (χ4n) is 2.19. The highest BCUT2D eigenvalue weighted by Crippen LogP contribution is 2.30. The van der Waals surface area contributed by atoms with Gasteiger partial charge in [-0.05, 0) is 39.3 Å². The molecule has 0 saturated heterocycles. The third-order valence-corrected chi connectivity index (χ3v) is 2.99. The molecule has 0 fully saturated rings. The number of benzene rings is 1. The Morgan fingerprint density at radius 2 is 1.52 bits per heavy atom. The summed E-state index contributed by atoms with van der Waals surface area (Å²) in [6.07, 6.45) is -3.78. The molecule has 0 unspecified atom stereocenters. The van der Waals surface area contributed by atoms with Crippen molar-refractivity contribution in [3.8, 4) is 0 Å². The van der Waals surface area contributed by atoms with Gasteiger partial charge >= 0.3 is 6.18 Å². The summed E-state index contributed by atoms with van der Waals surface area (Å²) in [5, 5.41) is 0. The van der Waals surface area contributed by atoms with Gasteiger partial charge in [0.05, 0.1) is 0 Å². The summed E-state index contributed by atoms with van der Waals surface area (Å²) in [7, 11) is 0. The van der Waals surface area contributed by atoms with Crippen LogP contribution in [-0.4, -0.2) is 29.1 Å². The van der Waals surface area contributed by atoms with Crippen molar-refractivity contribution in [3.05, 3.63) is 41.5 Å². The number of hydrogen-bond donors (Lipinski definition) is 0. The number of amides is 1.